The molecule has 0 aromatic rings. The van der Waals surface area contributed by atoms with Crippen LogP contribution in [0.4, 0.5) is 4.20 Å². The molecule has 0 bridgehead atoms. The first kappa shape index (κ1) is 11.5. The van der Waals surface area contributed by atoms with Crippen LogP contribution in [0.5, 0.6) is 0 Å². The average Bonchev–Trinajstić information content (AvgIpc) is 1.30. The number of hydrogen-bond donors (Lipinski definition) is 0. The predicted molar refractivity (Wildman–Crippen MR) is 20.3 cm³/mol. The average molecular weight is 134 g/mol. The van der Waals surface area contributed by atoms with Crippen LogP contribution >= 0.6 is 7.91 Å². The summed E-state index contributed by atoms with van der Waals surface area (Å²) >= 11 is 0. The largest absolute Gasteiger partial charge is 1.00 e. The van der Waals surface area contributed by atoms with Crippen LogP contribution in [-0.2, 0) is 9.09 Å². The molecule has 0 radical (unpaired) electrons. The van der Waals surface area contributed by atoms with E-state index in [9.17, 15) is 13.7 Å². The Morgan fingerprint density at radius 2 is 2.25 bits per heavy atom. The second kappa shape index (κ2) is 4.55. The molecule has 0 saturated heterocycles. The molecule has 1 unspecified atom stereocenters. The summed E-state index contributed by atoms with van der Waals surface area (Å²) in [4.78, 5) is 9.37. The monoisotopic (exact) mass is 134 g/mol. The summed E-state index contributed by atoms with van der Waals surface area (Å²) in [6.45, 7) is 1.25. The maximum atomic E-state index is 11.2. The van der Waals surface area contributed by atoms with Gasteiger partial charge < -0.3 is 9.42 Å². The van der Waals surface area contributed by atoms with Crippen LogP contribution < -0.4 is 23.8 Å². The zero-order chi connectivity index (χ0) is 5.91. The van der Waals surface area contributed by atoms with Crippen molar-refractivity contribution in [3.63, 3.8) is 0 Å². The predicted octanol–water partition coefficient (Wildman–Crippen LogP) is -2.54. The quantitative estimate of drug-likeness (QED) is 0.309. The van der Waals surface area contributed by atoms with Crippen LogP contribution in [-0.4, -0.2) is 6.61 Å². The molecular weight excluding hydrogens is 129 g/mol. The maximum absolute atomic E-state index is 11.2. The van der Waals surface area contributed by atoms with Gasteiger partial charge in [0.05, 0.1) is 6.61 Å². The van der Waals surface area contributed by atoms with Gasteiger partial charge in [-0.3, -0.25) is 4.57 Å². The first-order valence-electron chi connectivity index (χ1n) is 1.71. The van der Waals surface area contributed by atoms with E-state index in [0.29, 0.717) is 0 Å². The Morgan fingerprint density at radius 1 is 1.88 bits per heavy atom. The van der Waals surface area contributed by atoms with E-state index in [1.165, 1.54) is 6.92 Å². The molecule has 0 aromatic carbocycles. The summed E-state index contributed by atoms with van der Waals surface area (Å²) in [7, 11) is -4.92. The molecular formula is C2H5FLiO3P. The molecule has 0 aliphatic carbocycles. The van der Waals surface area contributed by atoms with Gasteiger partial charge in [0, 0.05) is 0 Å². The normalized spacial score (nSPS) is 16.4. The van der Waals surface area contributed by atoms with Gasteiger partial charge in [0.25, 0.3) is 0 Å². The third-order valence-electron chi connectivity index (χ3n) is 0.283. The molecule has 0 aliphatic heterocycles. The fourth-order valence-corrected chi connectivity index (χ4v) is 0.463. The topological polar surface area (TPSA) is 49.4 Å². The Bertz CT molecular complexity index is 91.3. The summed E-state index contributed by atoms with van der Waals surface area (Å²) in [6, 6.07) is 0. The number of rotatable bonds is 2. The minimum atomic E-state index is -4.92. The van der Waals surface area contributed by atoms with E-state index in [2.05, 4.69) is 4.52 Å². The van der Waals surface area contributed by atoms with Gasteiger partial charge in [0.15, 0.2) is 0 Å². The Kier molecular flexibility index (Phi) is 6.52. The first-order valence-corrected chi connectivity index (χ1v) is 3.15. The minimum absolute atomic E-state index is 0. The molecule has 3 nitrogen and oxygen atoms in total. The fourth-order valence-electron chi connectivity index (χ4n) is 0.154. The second-order valence-corrected chi connectivity index (χ2v) is 1.97. The number of hydrogen-bond acceptors (Lipinski definition) is 3. The van der Waals surface area contributed by atoms with Crippen molar-refractivity contribution in [3.05, 3.63) is 0 Å². The van der Waals surface area contributed by atoms with E-state index in [-0.39, 0.29) is 25.5 Å². The van der Waals surface area contributed by atoms with Crippen molar-refractivity contribution in [1.82, 2.24) is 0 Å². The Labute approximate surface area is 59.1 Å². The van der Waals surface area contributed by atoms with Crippen molar-refractivity contribution >= 4 is 7.91 Å². The van der Waals surface area contributed by atoms with Gasteiger partial charge in [0.2, 0.25) is 0 Å². The fraction of sp³-hybridized carbons (Fsp3) is 1.00. The van der Waals surface area contributed by atoms with Crippen molar-refractivity contribution in [2.75, 3.05) is 6.61 Å². The zero-order valence-corrected chi connectivity index (χ0v) is 5.65. The molecule has 6 heteroatoms. The summed E-state index contributed by atoms with van der Waals surface area (Å²) in [6.07, 6.45) is 0. The van der Waals surface area contributed by atoms with E-state index in [4.69, 9.17) is 0 Å². The van der Waals surface area contributed by atoms with Gasteiger partial charge in [-0.2, -0.15) is 4.20 Å². The molecule has 0 rings (SSSR count). The standard InChI is InChI=1S/C2H6FO3P.Li/c1-2-6-7(3,4)5;/h2H2,1H3,(H,4,5);/q;+1/p-1. The van der Waals surface area contributed by atoms with Crippen molar-refractivity contribution in [2.45, 2.75) is 6.92 Å². The third kappa shape index (κ3) is 9.84. The molecule has 0 fully saturated rings. The molecule has 0 spiro atoms. The van der Waals surface area contributed by atoms with Gasteiger partial charge >= 0.3 is 26.8 Å². The van der Waals surface area contributed by atoms with Gasteiger partial charge in [-0.1, -0.05) is 0 Å². The molecule has 0 saturated carbocycles. The summed E-state index contributed by atoms with van der Waals surface area (Å²) in [5, 5.41) is 0. The van der Waals surface area contributed by atoms with E-state index < -0.39 is 7.91 Å². The molecule has 0 amide bonds. The summed E-state index contributed by atoms with van der Waals surface area (Å²) in [5.74, 6) is 0. The molecule has 8 heavy (non-hydrogen) atoms. The molecule has 0 aromatic heterocycles. The van der Waals surface area contributed by atoms with E-state index >= 15 is 0 Å². The van der Waals surface area contributed by atoms with Gasteiger partial charge in [-0.25, -0.2) is 0 Å². The molecule has 0 aliphatic rings. The molecule has 1 atom stereocenters. The zero-order valence-electron chi connectivity index (χ0n) is 4.76. The van der Waals surface area contributed by atoms with Crippen LogP contribution in [0.3, 0.4) is 0 Å². The van der Waals surface area contributed by atoms with Crippen LogP contribution in [0.2, 0.25) is 0 Å². The smallest absolute Gasteiger partial charge is 0.753 e. The van der Waals surface area contributed by atoms with Gasteiger partial charge in [-0.05, 0) is 6.92 Å². The van der Waals surface area contributed by atoms with Crippen LogP contribution in [0.1, 0.15) is 6.92 Å². The third-order valence-corrected chi connectivity index (χ3v) is 0.850. The van der Waals surface area contributed by atoms with Gasteiger partial charge in [-0.15, -0.1) is 0 Å². The Balaban J connectivity index is 0. The Hall–Kier alpha value is 0.677. The van der Waals surface area contributed by atoms with E-state index in [0.717, 1.165) is 0 Å². The minimum Gasteiger partial charge on any atom is -0.753 e. The maximum Gasteiger partial charge on any atom is 1.00 e. The van der Waals surface area contributed by atoms with E-state index in [1.54, 1.807) is 0 Å². The van der Waals surface area contributed by atoms with E-state index in [1.807, 2.05) is 0 Å². The summed E-state index contributed by atoms with van der Waals surface area (Å²) in [5.41, 5.74) is 0. The molecule has 44 valence electrons. The van der Waals surface area contributed by atoms with Crippen molar-refractivity contribution in [2.24, 2.45) is 0 Å². The molecule has 0 heterocycles. The van der Waals surface area contributed by atoms with Crippen molar-refractivity contribution in [1.29, 1.82) is 0 Å². The SMILES string of the molecule is CCOP(=O)([O-])F.[Li+]. The van der Waals surface area contributed by atoms with Crippen LogP contribution in [0, 0.1) is 0 Å². The van der Waals surface area contributed by atoms with Gasteiger partial charge in [0.1, 0.15) is 0 Å². The van der Waals surface area contributed by atoms with Crippen molar-refractivity contribution in [3.8, 4) is 0 Å². The molecule has 0 N–H and O–H groups in total. The van der Waals surface area contributed by atoms with Crippen LogP contribution in [0.15, 0.2) is 0 Å². The first-order chi connectivity index (χ1) is 3.06. The number of halogens is 1. The van der Waals surface area contributed by atoms with Crippen LogP contribution in [0.25, 0.3) is 0 Å². The Morgan fingerprint density at radius 3 is 2.25 bits per heavy atom. The summed E-state index contributed by atoms with van der Waals surface area (Å²) < 4.78 is 24.1. The second-order valence-electron chi connectivity index (χ2n) is 0.848. The van der Waals surface area contributed by atoms with Crippen molar-refractivity contribution < 1.29 is 37.0 Å².